The molecule has 0 aliphatic heterocycles. The molecule has 1 atom stereocenters. The van der Waals surface area contributed by atoms with Gasteiger partial charge in [-0.15, -0.1) is 0 Å². The number of nitrogens with one attached hydrogen (secondary N) is 3. The fourth-order valence-corrected chi connectivity index (χ4v) is 2.49. The smallest absolute Gasteiger partial charge is 0.282 e. The van der Waals surface area contributed by atoms with E-state index in [0.29, 0.717) is 12.5 Å². The first-order valence-corrected chi connectivity index (χ1v) is 8.91. The number of amides is 1. The van der Waals surface area contributed by atoms with Crippen LogP contribution in [0.1, 0.15) is 49.9 Å². The lowest BCUT2D eigenvalue weighted by Gasteiger charge is -2.15. The lowest BCUT2D eigenvalue weighted by Crippen LogP contribution is -2.47. The van der Waals surface area contributed by atoms with Gasteiger partial charge in [0.2, 0.25) is 0 Å². The van der Waals surface area contributed by atoms with Crippen molar-refractivity contribution in [3.63, 3.8) is 0 Å². The van der Waals surface area contributed by atoms with Crippen LogP contribution in [0.5, 0.6) is 0 Å². The fraction of sp³-hybridized carbons (Fsp3) is 0.500. The Morgan fingerprint density at radius 1 is 1.36 bits per heavy atom. The Morgan fingerprint density at radius 2 is 2.08 bits per heavy atom. The second-order valence-electron chi connectivity index (χ2n) is 5.81. The van der Waals surface area contributed by atoms with Crippen molar-refractivity contribution in [2.45, 2.75) is 39.5 Å². The number of thiocarbonyl (C=S) groups is 1. The van der Waals surface area contributed by atoms with Crippen LogP contribution in [0, 0.1) is 16.0 Å². The number of nitrogens with zero attached hydrogens (tertiary/aromatic N) is 1. The Balaban J connectivity index is 2.47. The molecule has 138 valence electrons. The van der Waals surface area contributed by atoms with Crippen molar-refractivity contribution >= 4 is 40.5 Å². The first-order chi connectivity index (χ1) is 11.8. The van der Waals surface area contributed by atoms with Crippen LogP contribution < -0.4 is 16.2 Å². The molecule has 7 nitrogen and oxygen atoms in total. The monoisotopic (exact) mass is 386 g/mol. The maximum absolute atomic E-state index is 12.1. The molecule has 25 heavy (non-hydrogen) atoms. The average molecular weight is 387 g/mol. The minimum absolute atomic E-state index is 0.138. The highest BCUT2D eigenvalue weighted by atomic mass is 35.5. The maximum Gasteiger partial charge on any atom is 0.282 e. The Kier molecular flexibility index (Phi) is 9.15. The van der Waals surface area contributed by atoms with E-state index >= 15 is 0 Å². The summed E-state index contributed by atoms with van der Waals surface area (Å²) in [6.07, 6.45) is 4.67. The van der Waals surface area contributed by atoms with Crippen molar-refractivity contribution in [1.82, 2.24) is 16.2 Å². The molecular weight excluding hydrogens is 364 g/mol. The standard InChI is InChI=1S/C16H23ClN4O3S/c1-3-4-5-6-11(2)10-18-16(25)20-19-15(22)13-9-12(17)7-8-14(13)21(23)24/h7-9,11H,3-6,10H2,1-2H3,(H,19,22)(H2,18,20,25)/t11-/m1/s1. The van der Waals surface area contributed by atoms with Crippen molar-refractivity contribution in [3.05, 3.63) is 38.9 Å². The van der Waals surface area contributed by atoms with Gasteiger partial charge in [0.25, 0.3) is 11.6 Å². The predicted octanol–water partition coefficient (Wildman–Crippen LogP) is 3.57. The van der Waals surface area contributed by atoms with Gasteiger partial charge < -0.3 is 5.32 Å². The number of unbranched alkanes of at least 4 members (excludes halogenated alkanes) is 2. The quantitative estimate of drug-likeness (QED) is 0.273. The molecule has 0 radical (unpaired) electrons. The maximum atomic E-state index is 12.1. The van der Waals surface area contributed by atoms with Gasteiger partial charge in [-0.05, 0) is 36.7 Å². The van der Waals surface area contributed by atoms with Gasteiger partial charge >= 0.3 is 0 Å². The van der Waals surface area contributed by atoms with Crippen LogP contribution in [0.25, 0.3) is 0 Å². The van der Waals surface area contributed by atoms with E-state index in [0.717, 1.165) is 6.42 Å². The molecule has 0 fully saturated rings. The molecule has 0 heterocycles. The van der Waals surface area contributed by atoms with Crippen molar-refractivity contribution in [3.8, 4) is 0 Å². The number of carbonyl (C=O) groups excluding carboxylic acids is 1. The van der Waals surface area contributed by atoms with E-state index < -0.39 is 10.8 Å². The molecule has 0 aliphatic carbocycles. The molecule has 3 N–H and O–H groups in total. The van der Waals surface area contributed by atoms with Gasteiger partial charge in [-0.2, -0.15) is 0 Å². The van der Waals surface area contributed by atoms with Gasteiger partial charge in [0.15, 0.2) is 5.11 Å². The van der Waals surface area contributed by atoms with Gasteiger partial charge in [0, 0.05) is 17.6 Å². The Hall–Kier alpha value is -1.93. The highest BCUT2D eigenvalue weighted by Crippen LogP contribution is 2.22. The molecule has 0 unspecified atom stereocenters. The van der Waals surface area contributed by atoms with E-state index in [1.165, 1.54) is 37.5 Å². The Morgan fingerprint density at radius 3 is 2.72 bits per heavy atom. The Labute approximate surface area is 157 Å². The van der Waals surface area contributed by atoms with Crippen molar-refractivity contribution in [2.75, 3.05) is 6.54 Å². The van der Waals surface area contributed by atoms with E-state index in [1.807, 2.05) is 0 Å². The number of carbonyl (C=O) groups is 1. The van der Waals surface area contributed by atoms with E-state index in [2.05, 4.69) is 30.0 Å². The van der Waals surface area contributed by atoms with E-state index in [1.54, 1.807) is 0 Å². The normalized spacial score (nSPS) is 11.5. The highest BCUT2D eigenvalue weighted by Gasteiger charge is 2.20. The molecule has 0 saturated carbocycles. The molecule has 1 amide bonds. The molecular formula is C16H23ClN4O3S. The number of benzene rings is 1. The molecule has 0 bridgehead atoms. The summed E-state index contributed by atoms with van der Waals surface area (Å²) in [5.74, 6) is -0.231. The number of hydrazine groups is 1. The predicted molar refractivity (Wildman–Crippen MR) is 103 cm³/mol. The van der Waals surface area contributed by atoms with E-state index in [-0.39, 0.29) is 21.4 Å². The molecule has 1 aromatic rings. The van der Waals surface area contributed by atoms with Crippen molar-refractivity contribution in [2.24, 2.45) is 5.92 Å². The van der Waals surface area contributed by atoms with Crippen LogP contribution in [-0.4, -0.2) is 22.5 Å². The molecule has 1 aromatic carbocycles. The second-order valence-corrected chi connectivity index (χ2v) is 6.65. The van der Waals surface area contributed by atoms with Gasteiger partial charge in [-0.1, -0.05) is 44.7 Å². The number of nitro groups is 1. The van der Waals surface area contributed by atoms with Gasteiger partial charge in [0.1, 0.15) is 5.56 Å². The molecule has 0 saturated heterocycles. The van der Waals surface area contributed by atoms with Crippen LogP contribution >= 0.6 is 23.8 Å². The minimum Gasteiger partial charge on any atom is -0.361 e. The molecule has 0 spiro atoms. The summed E-state index contributed by atoms with van der Waals surface area (Å²) in [6.45, 7) is 4.97. The largest absolute Gasteiger partial charge is 0.361 e. The number of rotatable bonds is 8. The zero-order valence-corrected chi connectivity index (χ0v) is 15.9. The third-order valence-electron chi connectivity index (χ3n) is 3.60. The summed E-state index contributed by atoms with van der Waals surface area (Å²) < 4.78 is 0. The van der Waals surface area contributed by atoms with Crippen molar-refractivity contribution in [1.29, 1.82) is 0 Å². The summed E-state index contributed by atoms with van der Waals surface area (Å²) in [4.78, 5) is 22.5. The van der Waals surface area contributed by atoms with Crippen LogP contribution in [0.3, 0.4) is 0 Å². The first kappa shape index (κ1) is 21.1. The lowest BCUT2D eigenvalue weighted by atomic mass is 10.0. The van der Waals surface area contributed by atoms with E-state index in [9.17, 15) is 14.9 Å². The molecule has 0 aliphatic rings. The number of hydrogen-bond acceptors (Lipinski definition) is 4. The Bertz CT molecular complexity index is 627. The van der Waals surface area contributed by atoms with Crippen LogP contribution in [-0.2, 0) is 0 Å². The fourth-order valence-electron chi connectivity index (χ4n) is 2.19. The summed E-state index contributed by atoms with van der Waals surface area (Å²) in [5, 5.41) is 14.5. The summed E-state index contributed by atoms with van der Waals surface area (Å²) in [7, 11) is 0. The molecule has 1 rings (SSSR count). The summed E-state index contributed by atoms with van der Waals surface area (Å²) >= 11 is 10.9. The number of halogens is 1. The third kappa shape index (κ3) is 7.66. The van der Waals surface area contributed by atoms with Crippen LogP contribution in [0.4, 0.5) is 5.69 Å². The van der Waals surface area contributed by atoms with Gasteiger partial charge in [-0.3, -0.25) is 25.8 Å². The van der Waals surface area contributed by atoms with E-state index in [4.69, 9.17) is 23.8 Å². The first-order valence-electron chi connectivity index (χ1n) is 8.13. The third-order valence-corrected chi connectivity index (χ3v) is 4.08. The molecule has 9 heteroatoms. The molecule has 0 aromatic heterocycles. The summed E-state index contributed by atoms with van der Waals surface area (Å²) in [5.41, 5.74) is 4.42. The van der Waals surface area contributed by atoms with Gasteiger partial charge in [0.05, 0.1) is 4.92 Å². The zero-order chi connectivity index (χ0) is 18.8. The summed E-state index contributed by atoms with van der Waals surface area (Å²) in [6, 6.07) is 3.78. The minimum atomic E-state index is -0.686. The number of hydrogen-bond donors (Lipinski definition) is 3. The second kappa shape index (κ2) is 10.8. The number of nitro benzene ring substituents is 1. The lowest BCUT2D eigenvalue weighted by molar-refractivity contribution is -0.385. The SMILES string of the molecule is CCCCC[C@@H](C)CNC(=S)NNC(=O)c1cc(Cl)ccc1[N+](=O)[O-]. The average Bonchev–Trinajstić information content (AvgIpc) is 2.57. The zero-order valence-electron chi connectivity index (χ0n) is 14.3. The van der Waals surface area contributed by atoms with Crippen LogP contribution in [0.15, 0.2) is 18.2 Å². The van der Waals surface area contributed by atoms with Crippen molar-refractivity contribution < 1.29 is 9.72 Å². The topological polar surface area (TPSA) is 96.3 Å². The van der Waals surface area contributed by atoms with Gasteiger partial charge in [-0.25, -0.2) is 0 Å². The van der Waals surface area contributed by atoms with Crippen LogP contribution in [0.2, 0.25) is 5.02 Å². The highest BCUT2D eigenvalue weighted by molar-refractivity contribution is 7.80.